The molecule has 1 aliphatic heterocycles. The smallest absolute Gasteiger partial charge is 0.0701 e. The van der Waals surface area contributed by atoms with E-state index in [4.69, 9.17) is 4.74 Å². The summed E-state index contributed by atoms with van der Waals surface area (Å²) in [5.41, 5.74) is 1.81. The maximum absolute atomic E-state index is 6.11. The van der Waals surface area contributed by atoms with Crippen molar-refractivity contribution in [2.45, 2.75) is 52.1 Å². The van der Waals surface area contributed by atoms with Crippen LogP contribution in [0.3, 0.4) is 0 Å². The number of rotatable bonds is 0. The molecule has 90 valence electrons. The summed E-state index contributed by atoms with van der Waals surface area (Å²) < 4.78 is 6.11. The quantitative estimate of drug-likeness (QED) is 0.564. The molecule has 3 aliphatic rings. The fourth-order valence-corrected chi connectivity index (χ4v) is 4.79. The van der Waals surface area contributed by atoms with Crippen molar-refractivity contribution in [3.8, 4) is 0 Å². The number of fused-ring (bicyclic) bond motifs is 3. The van der Waals surface area contributed by atoms with E-state index in [1.165, 1.54) is 37.7 Å². The first kappa shape index (κ1) is 10.8. The standard InChI is InChI=1S/C15H24O/c1-10-6-7-12-11(2)9-16-14(12)15(3)8-4-5-13(10)15/h10,12-14H,2,4-9H2,1,3H3. The maximum atomic E-state index is 6.11. The van der Waals surface area contributed by atoms with Gasteiger partial charge in [0.05, 0.1) is 12.7 Å². The Labute approximate surface area is 99.3 Å². The van der Waals surface area contributed by atoms with Gasteiger partial charge in [0, 0.05) is 5.92 Å². The largest absolute Gasteiger partial charge is 0.373 e. The minimum atomic E-state index is 0.444. The van der Waals surface area contributed by atoms with E-state index in [2.05, 4.69) is 20.4 Å². The fourth-order valence-electron chi connectivity index (χ4n) is 4.79. The molecule has 0 aromatic rings. The van der Waals surface area contributed by atoms with Crippen molar-refractivity contribution in [3.05, 3.63) is 12.2 Å². The van der Waals surface area contributed by atoms with Gasteiger partial charge < -0.3 is 4.74 Å². The van der Waals surface area contributed by atoms with Gasteiger partial charge in [0.25, 0.3) is 0 Å². The summed E-state index contributed by atoms with van der Waals surface area (Å²) in [4.78, 5) is 0. The Bertz CT molecular complexity index is 309. The molecule has 2 saturated carbocycles. The van der Waals surface area contributed by atoms with Gasteiger partial charge in [-0.3, -0.25) is 0 Å². The van der Waals surface area contributed by atoms with Crippen molar-refractivity contribution in [2.24, 2.45) is 23.2 Å². The molecule has 1 heteroatoms. The first-order valence-corrected chi connectivity index (χ1v) is 6.92. The van der Waals surface area contributed by atoms with Gasteiger partial charge in [0.1, 0.15) is 0 Å². The zero-order chi connectivity index (χ0) is 11.3. The van der Waals surface area contributed by atoms with E-state index in [0.717, 1.165) is 18.4 Å². The van der Waals surface area contributed by atoms with Gasteiger partial charge >= 0.3 is 0 Å². The first-order chi connectivity index (χ1) is 7.63. The Hall–Kier alpha value is -0.300. The van der Waals surface area contributed by atoms with Gasteiger partial charge in [0.2, 0.25) is 0 Å². The summed E-state index contributed by atoms with van der Waals surface area (Å²) in [5, 5.41) is 0. The summed E-state index contributed by atoms with van der Waals surface area (Å²) in [5.74, 6) is 2.44. The summed E-state index contributed by atoms with van der Waals surface area (Å²) in [6.07, 6.45) is 7.38. The highest BCUT2D eigenvalue weighted by atomic mass is 16.5. The molecular weight excluding hydrogens is 196 g/mol. The summed E-state index contributed by atoms with van der Waals surface area (Å²) in [6, 6.07) is 0. The van der Waals surface area contributed by atoms with E-state index in [1.807, 2.05) is 0 Å². The highest BCUT2D eigenvalue weighted by Gasteiger charge is 2.53. The average Bonchev–Trinajstić information content (AvgIpc) is 2.78. The van der Waals surface area contributed by atoms with Gasteiger partial charge in [0.15, 0.2) is 0 Å². The Morgan fingerprint density at radius 1 is 1.31 bits per heavy atom. The molecule has 3 rings (SSSR count). The zero-order valence-electron chi connectivity index (χ0n) is 10.7. The number of ether oxygens (including phenoxy) is 1. The lowest BCUT2D eigenvalue weighted by molar-refractivity contribution is -0.0336. The Kier molecular flexibility index (Phi) is 2.43. The summed E-state index contributed by atoms with van der Waals surface area (Å²) in [7, 11) is 0. The van der Waals surface area contributed by atoms with Gasteiger partial charge in [-0.2, -0.15) is 0 Å². The summed E-state index contributed by atoms with van der Waals surface area (Å²) >= 11 is 0. The van der Waals surface area contributed by atoms with E-state index in [-0.39, 0.29) is 0 Å². The molecule has 0 aromatic heterocycles. The second-order valence-electron chi connectivity index (χ2n) is 6.56. The predicted molar refractivity (Wildman–Crippen MR) is 66.2 cm³/mol. The molecule has 0 N–H and O–H groups in total. The minimum absolute atomic E-state index is 0.444. The van der Waals surface area contributed by atoms with Crippen LogP contribution in [0.25, 0.3) is 0 Å². The van der Waals surface area contributed by atoms with Crippen LogP contribution in [0.4, 0.5) is 0 Å². The van der Waals surface area contributed by atoms with E-state index in [0.29, 0.717) is 17.4 Å². The third-order valence-electron chi connectivity index (χ3n) is 5.69. The fraction of sp³-hybridized carbons (Fsp3) is 0.867. The van der Waals surface area contributed by atoms with Crippen LogP contribution >= 0.6 is 0 Å². The van der Waals surface area contributed by atoms with E-state index in [9.17, 15) is 0 Å². The minimum Gasteiger partial charge on any atom is -0.373 e. The molecule has 0 radical (unpaired) electrons. The zero-order valence-corrected chi connectivity index (χ0v) is 10.7. The molecule has 1 heterocycles. The van der Waals surface area contributed by atoms with Crippen molar-refractivity contribution >= 4 is 0 Å². The molecular formula is C15H24O. The van der Waals surface area contributed by atoms with Gasteiger partial charge in [-0.1, -0.05) is 26.8 Å². The third kappa shape index (κ3) is 1.33. The predicted octanol–water partition coefficient (Wildman–Crippen LogP) is 3.79. The molecule has 5 atom stereocenters. The Morgan fingerprint density at radius 3 is 2.94 bits per heavy atom. The molecule has 16 heavy (non-hydrogen) atoms. The molecule has 0 bridgehead atoms. The molecule has 3 fully saturated rings. The van der Waals surface area contributed by atoms with E-state index >= 15 is 0 Å². The lowest BCUT2D eigenvalue weighted by Gasteiger charge is -2.39. The second kappa shape index (κ2) is 3.60. The van der Waals surface area contributed by atoms with Crippen LogP contribution in [0.1, 0.15) is 46.0 Å². The highest BCUT2D eigenvalue weighted by Crippen LogP contribution is 2.57. The molecule has 0 amide bonds. The first-order valence-electron chi connectivity index (χ1n) is 6.92. The average molecular weight is 220 g/mol. The van der Waals surface area contributed by atoms with E-state index in [1.54, 1.807) is 0 Å². The molecule has 0 aromatic carbocycles. The van der Waals surface area contributed by atoms with Crippen molar-refractivity contribution in [1.82, 2.24) is 0 Å². The van der Waals surface area contributed by atoms with Crippen LogP contribution in [0.2, 0.25) is 0 Å². The molecule has 2 aliphatic carbocycles. The maximum Gasteiger partial charge on any atom is 0.0701 e. The van der Waals surface area contributed by atoms with Crippen LogP contribution < -0.4 is 0 Å². The number of hydrogen-bond donors (Lipinski definition) is 0. The highest BCUT2D eigenvalue weighted by molar-refractivity contribution is 5.15. The molecule has 1 nitrogen and oxygen atoms in total. The Morgan fingerprint density at radius 2 is 2.12 bits per heavy atom. The SMILES string of the molecule is C=C1COC2C1CCC(C)C1CCCC12C. The van der Waals surface area contributed by atoms with Crippen LogP contribution in [0.15, 0.2) is 12.2 Å². The van der Waals surface area contributed by atoms with Gasteiger partial charge in [-0.05, 0) is 48.5 Å². The Balaban J connectivity index is 1.97. The van der Waals surface area contributed by atoms with E-state index < -0.39 is 0 Å². The van der Waals surface area contributed by atoms with Crippen molar-refractivity contribution in [1.29, 1.82) is 0 Å². The number of hydrogen-bond acceptors (Lipinski definition) is 1. The third-order valence-corrected chi connectivity index (χ3v) is 5.69. The molecule has 1 saturated heterocycles. The normalized spacial score (nSPS) is 52.2. The van der Waals surface area contributed by atoms with Gasteiger partial charge in [-0.15, -0.1) is 0 Å². The van der Waals surface area contributed by atoms with Crippen LogP contribution in [0.5, 0.6) is 0 Å². The summed E-state index contributed by atoms with van der Waals surface area (Å²) in [6.45, 7) is 10.00. The second-order valence-corrected chi connectivity index (χ2v) is 6.56. The van der Waals surface area contributed by atoms with Crippen molar-refractivity contribution in [2.75, 3.05) is 6.61 Å². The monoisotopic (exact) mass is 220 g/mol. The van der Waals surface area contributed by atoms with Crippen LogP contribution in [-0.2, 0) is 4.74 Å². The molecule has 5 unspecified atom stereocenters. The van der Waals surface area contributed by atoms with Crippen LogP contribution in [-0.4, -0.2) is 12.7 Å². The topological polar surface area (TPSA) is 9.23 Å². The van der Waals surface area contributed by atoms with Gasteiger partial charge in [-0.25, -0.2) is 0 Å². The van der Waals surface area contributed by atoms with Crippen molar-refractivity contribution in [3.63, 3.8) is 0 Å². The lowest BCUT2D eigenvalue weighted by Crippen LogP contribution is -2.39. The molecule has 0 spiro atoms. The van der Waals surface area contributed by atoms with Crippen molar-refractivity contribution < 1.29 is 4.74 Å². The van der Waals surface area contributed by atoms with Crippen LogP contribution in [0, 0.1) is 23.2 Å². The lowest BCUT2D eigenvalue weighted by atomic mass is 9.69.